The van der Waals surface area contributed by atoms with Crippen molar-refractivity contribution in [3.05, 3.63) is 35.2 Å². The highest BCUT2D eigenvalue weighted by atomic mass is 32.1. The van der Waals surface area contributed by atoms with E-state index in [-0.39, 0.29) is 5.41 Å². The SMILES string of the molecule is CC(C)(C)c1nc2scc(-c3ccco3)n2c1C=O. The predicted octanol–water partition coefficient (Wildman–Crippen LogP) is 3.77. The average Bonchev–Trinajstić information content (AvgIpc) is 3.02. The first-order valence-electron chi connectivity index (χ1n) is 6.02. The van der Waals surface area contributed by atoms with Crippen LogP contribution in [0.15, 0.2) is 28.2 Å². The topological polar surface area (TPSA) is 47.5 Å². The van der Waals surface area contributed by atoms with Gasteiger partial charge in [0, 0.05) is 10.8 Å². The Morgan fingerprint density at radius 3 is 2.79 bits per heavy atom. The molecule has 0 saturated heterocycles. The molecule has 0 amide bonds. The minimum absolute atomic E-state index is 0.164. The van der Waals surface area contributed by atoms with Gasteiger partial charge in [0.2, 0.25) is 0 Å². The molecule has 19 heavy (non-hydrogen) atoms. The highest BCUT2D eigenvalue weighted by Crippen LogP contribution is 2.32. The summed E-state index contributed by atoms with van der Waals surface area (Å²) in [5.74, 6) is 0.743. The molecular formula is C14H14N2O2S. The van der Waals surface area contributed by atoms with E-state index < -0.39 is 0 Å². The number of aromatic nitrogens is 2. The van der Waals surface area contributed by atoms with Gasteiger partial charge in [-0.2, -0.15) is 0 Å². The molecule has 4 nitrogen and oxygen atoms in total. The third kappa shape index (κ3) is 1.81. The molecule has 0 saturated carbocycles. The number of carbonyl (C=O) groups excluding carboxylic acids is 1. The van der Waals surface area contributed by atoms with E-state index in [0.717, 1.165) is 28.4 Å². The van der Waals surface area contributed by atoms with Gasteiger partial charge >= 0.3 is 0 Å². The Bertz CT molecular complexity index is 730. The van der Waals surface area contributed by atoms with Crippen LogP contribution in [-0.2, 0) is 5.41 Å². The number of aldehydes is 1. The normalized spacial score (nSPS) is 12.2. The van der Waals surface area contributed by atoms with E-state index in [9.17, 15) is 4.79 Å². The Labute approximate surface area is 114 Å². The second-order valence-electron chi connectivity index (χ2n) is 5.43. The van der Waals surface area contributed by atoms with Crippen molar-refractivity contribution >= 4 is 22.6 Å². The van der Waals surface area contributed by atoms with E-state index >= 15 is 0 Å². The summed E-state index contributed by atoms with van der Waals surface area (Å²) in [5, 5.41) is 1.96. The Kier molecular flexibility index (Phi) is 2.60. The van der Waals surface area contributed by atoms with Gasteiger partial charge < -0.3 is 4.42 Å². The van der Waals surface area contributed by atoms with Crippen molar-refractivity contribution in [1.82, 2.24) is 9.38 Å². The molecule has 98 valence electrons. The predicted molar refractivity (Wildman–Crippen MR) is 74.9 cm³/mol. The molecular weight excluding hydrogens is 260 g/mol. The number of hydrogen-bond acceptors (Lipinski definition) is 4. The van der Waals surface area contributed by atoms with Gasteiger partial charge in [0.1, 0.15) is 11.4 Å². The number of hydrogen-bond donors (Lipinski definition) is 0. The first-order chi connectivity index (χ1) is 9.02. The number of carbonyl (C=O) groups is 1. The maximum absolute atomic E-state index is 11.5. The van der Waals surface area contributed by atoms with Crippen LogP contribution in [0.5, 0.6) is 0 Å². The maximum Gasteiger partial charge on any atom is 0.195 e. The van der Waals surface area contributed by atoms with E-state index in [1.807, 2.05) is 21.9 Å². The molecule has 3 rings (SSSR count). The Balaban J connectivity index is 2.33. The number of furan rings is 1. The van der Waals surface area contributed by atoms with E-state index in [0.29, 0.717) is 5.69 Å². The standard InChI is InChI=1S/C14H14N2O2S/c1-14(2,3)12-9(7-17)16-10(8-19-13(16)15-12)11-5-4-6-18-11/h4-8H,1-3H3. The largest absolute Gasteiger partial charge is 0.463 e. The van der Waals surface area contributed by atoms with Crippen LogP contribution >= 0.6 is 11.3 Å². The highest BCUT2D eigenvalue weighted by molar-refractivity contribution is 7.15. The van der Waals surface area contributed by atoms with Crippen LogP contribution in [-0.4, -0.2) is 15.7 Å². The van der Waals surface area contributed by atoms with Gasteiger partial charge in [-0.15, -0.1) is 11.3 Å². The van der Waals surface area contributed by atoms with E-state index in [1.165, 1.54) is 11.3 Å². The first-order valence-corrected chi connectivity index (χ1v) is 6.90. The van der Waals surface area contributed by atoms with Crippen LogP contribution in [0.25, 0.3) is 16.4 Å². The fourth-order valence-electron chi connectivity index (χ4n) is 2.14. The van der Waals surface area contributed by atoms with Crippen molar-refractivity contribution in [2.45, 2.75) is 26.2 Å². The molecule has 0 N–H and O–H groups in total. The zero-order valence-electron chi connectivity index (χ0n) is 11.0. The molecule has 0 bridgehead atoms. The van der Waals surface area contributed by atoms with Crippen molar-refractivity contribution in [2.24, 2.45) is 0 Å². The number of nitrogens with zero attached hydrogens (tertiary/aromatic N) is 2. The van der Waals surface area contributed by atoms with Gasteiger partial charge in [0.05, 0.1) is 12.0 Å². The minimum Gasteiger partial charge on any atom is -0.463 e. The highest BCUT2D eigenvalue weighted by Gasteiger charge is 2.26. The van der Waals surface area contributed by atoms with Gasteiger partial charge in [-0.3, -0.25) is 9.20 Å². The van der Waals surface area contributed by atoms with Crippen molar-refractivity contribution in [2.75, 3.05) is 0 Å². The lowest BCUT2D eigenvalue weighted by Crippen LogP contribution is -2.14. The van der Waals surface area contributed by atoms with Gasteiger partial charge in [-0.1, -0.05) is 20.8 Å². The van der Waals surface area contributed by atoms with Gasteiger partial charge in [0.15, 0.2) is 17.0 Å². The van der Waals surface area contributed by atoms with Gasteiger partial charge in [0.25, 0.3) is 0 Å². The fourth-order valence-corrected chi connectivity index (χ4v) is 3.02. The Hall–Kier alpha value is -1.88. The molecule has 0 atom stereocenters. The maximum atomic E-state index is 11.5. The molecule has 0 aliphatic rings. The smallest absolute Gasteiger partial charge is 0.195 e. The second kappa shape index (κ2) is 4.06. The lowest BCUT2D eigenvalue weighted by atomic mass is 9.91. The first kappa shape index (κ1) is 12.2. The number of thiazole rings is 1. The lowest BCUT2D eigenvalue weighted by Gasteiger charge is -2.15. The van der Waals surface area contributed by atoms with Crippen molar-refractivity contribution in [1.29, 1.82) is 0 Å². The Morgan fingerprint density at radius 1 is 1.42 bits per heavy atom. The van der Waals surface area contributed by atoms with Crippen LogP contribution in [0.4, 0.5) is 0 Å². The summed E-state index contributed by atoms with van der Waals surface area (Å²) >= 11 is 1.51. The van der Waals surface area contributed by atoms with Crippen LogP contribution in [0.3, 0.4) is 0 Å². The summed E-state index contributed by atoms with van der Waals surface area (Å²) in [6.07, 6.45) is 2.50. The number of imidazole rings is 1. The van der Waals surface area contributed by atoms with Gasteiger partial charge in [-0.25, -0.2) is 4.98 Å². The van der Waals surface area contributed by atoms with Crippen LogP contribution in [0.1, 0.15) is 37.0 Å². The molecule has 0 fully saturated rings. The summed E-state index contributed by atoms with van der Waals surface area (Å²) in [4.78, 5) is 16.9. The molecule has 0 unspecified atom stereocenters. The summed E-state index contributed by atoms with van der Waals surface area (Å²) in [5.41, 5.74) is 2.13. The summed E-state index contributed by atoms with van der Waals surface area (Å²) in [6, 6.07) is 3.72. The van der Waals surface area contributed by atoms with Gasteiger partial charge in [-0.05, 0) is 12.1 Å². The summed E-state index contributed by atoms with van der Waals surface area (Å²) in [7, 11) is 0. The molecule has 0 radical (unpaired) electrons. The van der Waals surface area contributed by atoms with Crippen molar-refractivity contribution in [3.8, 4) is 11.5 Å². The third-order valence-corrected chi connectivity index (χ3v) is 3.82. The lowest BCUT2D eigenvalue weighted by molar-refractivity contribution is 0.111. The van der Waals surface area contributed by atoms with E-state index in [2.05, 4.69) is 25.8 Å². The summed E-state index contributed by atoms with van der Waals surface area (Å²) < 4.78 is 7.29. The van der Waals surface area contributed by atoms with Crippen LogP contribution in [0, 0.1) is 0 Å². The molecule has 0 spiro atoms. The molecule has 3 heterocycles. The number of fused-ring (bicyclic) bond motifs is 1. The minimum atomic E-state index is -0.164. The zero-order chi connectivity index (χ0) is 13.6. The number of rotatable bonds is 2. The van der Waals surface area contributed by atoms with E-state index in [1.54, 1.807) is 6.26 Å². The summed E-state index contributed by atoms with van der Waals surface area (Å²) in [6.45, 7) is 6.16. The quantitative estimate of drug-likeness (QED) is 0.668. The Morgan fingerprint density at radius 2 is 2.21 bits per heavy atom. The molecule has 0 aromatic carbocycles. The third-order valence-electron chi connectivity index (χ3n) is 2.99. The monoisotopic (exact) mass is 274 g/mol. The van der Waals surface area contributed by atoms with Crippen molar-refractivity contribution in [3.63, 3.8) is 0 Å². The second-order valence-corrected chi connectivity index (χ2v) is 6.27. The molecule has 3 aromatic heterocycles. The molecule has 5 heteroatoms. The van der Waals surface area contributed by atoms with Crippen LogP contribution in [0.2, 0.25) is 0 Å². The van der Waals surface area contributed by atoms with Crippen LogP contribution < -0.4 is 0 Å². The average molecular weight is 274 g/mol. The zero-order valence-corrected chi connectivity index (χ0v) is 11.8. The molecule has 0 aliphatic heterocycles. The molecule has 3 aromatic rings. The van der Waals surface area contributed by atoms with E-state index in [4.69, 9.17) is 4.42 Å². The molecule has 0 aliphatic carbocycles. The van der Waals surface area contributed by atoms with Crippen molar-refractivity contribution < 1.29 is 9.21 Å². The fraction of sp³-hybridized carbons (Fsp3) is 0.286.